The fourth-order valence-electron chi connectivity index (χ4n) is 6.49. The quantitative estimate of drug-likeness (QED) is 0.351. The molecule has 2 saturated carbocycles. The number of carbonyl (C=O) groups is 2. The first-order chi connectivity index (χ1) is 20.1. The summed E-state index contributed by atoms with van der Waals surface area (Å²) in [6.07, 6.45) is 6.89. The van der Waals surface area contributed by atoms with Gasteiger partial charge in [-0.1, -0.05) is 0 Å². The van der Waals surface area contributed by atoms with E-state index in [1.807, 2.05) is 42.2 Å². The Balaban J connectivity index is 1.19. The van der Waals surface area contributed by atoms with Crippen molar-refractivity contribution >= 4 is 34.9 Å². The largest absolute Gasteiger partial charge is 0.469 e. The third-order valence-corrected chi connectivity index (χ3v) is 9.79. The Bertz CT molecular complexity index is 1340. The first kappa shape index (κ1) is 28.7. The number of ether oxygens (including phenoxy) is 1. The number of pyridine rings is 1. The first-order valence-electron chi connectivity index (χ1n) is 15.2. The van der Waals surface area contributed by atoms with E-state index in [4.69, 9.17) is 4.74 Å². The van der Waals surface area contributed by atoms with Crippen LogP contribution in [0.25, 0.3) is 0 Å². The molecule has 2 aromatic rings. The van der Waals surface area contributed by atoms with E-state index in [-0.39, 0.29) is 43.2 Å². The summed E-state index contributed by atoms with van der Waals surface area (Å²) in [6, 6.07) is 9.48. The normalized spacial score (nSPS) is 21.5. The number of halogens is 2. The summed E-state index contributed by atoms with van der Waals surface area (Å²) < 4.78 is 32.4. The molecule has 0 bridgehead atoms. The highest BCUT2D eigenvalue weighted by molar-refractivity contribution is 6.08. The summed E-state index contributed by atoms with van der Waals surface area (Å²) in [5.74, 6) is -2.01. The molecule has 8 nitrogen and oxygen atoms in total. The molecular weight excluding hydrogens is 540 g/mol. The highest BCUT2D eigenvalue weighted by atomic mass is 19.3. The molecule has 6 rings (SSSR count). The number of nitrogens with zero attached hydrogens (tertiary/aromatic N) is 3. The molecule has 42 heavy (non-hydrogen) atoms. The van der Waals surface area contributed by atoms with Crippen LogP contribution >= 0.6 is 0 Å². The van der Waals surface area contributed by atoms with Gasteiger partial charge in [-0.15, -0.1) is 0 Å². The molecule has 1 spiro atoms. The summed E-state index contributed by atoms with van der Waals surface area (Å²) in [5, 5.41) is 6.45. The number of amides is 1. The lowest BCUT2D eigenvalue weighted by molar-refractivity contribution is -0.147. The average Bonchev–Trinajstić information content (AvgIpc) is 3.91. The number of benzene rings is 1. The van der Waals surface area contributed by atoms with E-state index in [0.29, 0.717) is 35.6 Å². The minimum atomic E-state index is -2.64. The maximum absolute atomic E-state index is 13.7. The van der Waals surface area contributed by atoms with Crippen LogP contribution in [-0.4, -0.2) is 62.6 Å². The second kappa shape index (κ2) is 11.0. The number of hydrogen-bond acceptors (Lipinski definition) is 7. The van der Waals surface area contributed by atoms with Crippen LogP contribution in [0, 0.1) is 17.8 Å². The number of alkyl halides is 2. The Morgan fingerprint density at radius 1 is 0.929 bits per heavy atom. The first-order valence-corrected chi connectivity index (χ1v) is 15.2. The van der Waals surface area contributed by atoms with E-state index in [2.05, 4.69) is 20.5 Å². The molecule has 2 saturated heterocycles. The Morgan fingerprint density at radius 3 is 2.26 bits per heavy atom. The molecule has 0 radical (unpaired) electrons. The van der Waals surface area contributed by atoms with E-state index < -0.39 is 5.92 Å². The molecule has 3 heterocycles. The van der Waals surface area contributed by atoms with Crippen LogP contribution < -0.4 is 20.4 Å². The van der Waals surface area contributed by atoms with Crippen LogP contribution in [0.2, 0.25) is 0 Å². The zero-order chi connectivity index (χ0) is 29.5. The van der Waals surface area contributed by atoms with Crippen molar-refractivity contribution in [1.29, 1.82) is 0 Å². The van der Waals surface area contributed by atoms with Crippen molar-refractivity contribution in [3.8, 4) is 0 Å². The maximum Gasteiger partial charge on any atom is 0.311 e. The van der Waals surface area contributed by atoms with Gasteiger partial charge >= 0.3 is 5.97 Å². The number of rotatable bonds is 9. The van der Waals surface area contributed by atoms with Gasteiger partial charge in [0.25, 0.3) is 11.8 Å². The lowest BCUT2D eigenvalue weighted by Crippen LogP contribution is -2.39. The van der Waals surface area contributed by atoms with Gasteiger partial charge in [-0.05, 0) is 93.2 Å². The zero-order valence-electron chi connectivity index (χ0n) is 24.6. The van der Waals surface area contributed by atoms with Crippen molar-refractivity contribution < 1.29 is 23.1 Å². The Labute approximate surface area is 246 Å². The molecule has 2 aliphatic carbocycles. The SMILES string of the molecule is COC(=O)C1(CCNc2ccc(C(=O)Nc3cc(C)cc(N4CCC(F)(F)CC4)n3)c(N3CCC4(CC3)CC4)c2)CC1. The second-order valence-corrected chi connectivity index (χ2v) is 12.9. The van der Waals surface area contributed by atoms with Gasteiger partial charge in [0.15, 0.2) is 0 Å². The molecule has 10 heteroatoms. The van der Waals surface area contributed by atoms with Crippen molar-refractivity contribution in [2.45, 2.75) is 70.6 Å². The van der Waals surface area contributed by atoms with Crippen LogP contribution in [0.15, 0.2) is 30.3 Å². The number of esters is 1. The fraction of sp³-hybridized carbons (Fsp3) is 0.594. The van der Waals surface area contributed by atoms with Crippen molar-refractivity contribution in [1.82, 2.24) is 4.98 Å². The van der Waals surface area contributed by atoms with Crippen molar-refractivity contribution in [3.05, 3.63) is 41.5 Å². The Morgan fingerprint density at radius 2 is 1.62 bits per heavy atom. The van der Waals surface area contributed by atoms with Crippen LogP contribution in [0.4, 0.5) is 31.8 Å². The molecule has 1 aromatic carbocycles. The number of nitrogens with one attached hydrogen (secondary N) is 2. The predicted molar refractivity (Wildman–Crippen MR) is 160 cm³/mol. The van der Waals surface area contributed by atoms with Gasteiger partial charge in [-0.25, -0.2) is 13.8 Å². The van der Waals surface area contributed by atoms with Gasteiger partial charge in [0.05, 0.1) is 23.8 Å². The Kier molecular flexibility index (Phi) is 7.51. The molecule has 2 N–H and O–H groups in total. The molecule has 4 fully saturated rings. The van der Waals surface area contributed by atoms with Gasteiger partial charge in [0.2, 0.25) is 0 Å². The Hall–Kier alpha value is -3.43. The van der Waals surface area contributed by atoms with Gasteiger partial charge in [0.1, 0.15) is 11.6 Å². The number of anilines is 4. The minimum Gasteiger partial charge on any atom is -0.469 e. The standard InChI is InChI=1S/C32H41F2N5O3/c1-22-19-26(36-27(20-22)39-17-12-32(33,34)13-18-39)37-28(40)24-4-3-23(35-14-9-31(7-8-31)29(41)42-2)21-25(24)38-15-10-30(5-6-30)11-16-38/h3-4,19-21,35H,5-18H2,1-2H3,(H,36,37,40). The monoisotopic (exact) mass is 581 g/mol. The van der Waals surface area contributed by atoms with Crippen LogP contribution in [0.3, 0.4) is 0 Å². The van der Waals surface area contributed by atoms with Crippen molar-refractivity contribution in [3.63, 3.8) is 0 Å². The van der Waals surface area contributed by atoms with E-state index in [1.54, 1.807) is 0 Å². The van der Waals surface area contributed by atoms with Gasteiger partial charge in [0, 0.05) is 51.3 Å². The van der Waals surface area contributed by atoms with Gasteiger partial charge in [-0.2, -0.15) is 0 Å². The molecule has 1 amide bonds. The molecule has 226 valence electrons. The predicted octanol–water partition coefficient (Wildman–Crippen LogP) is 6.01. The van der Waals surface area contributed by atoms with Gasteiger partial charge in [-0.3, -0.25) is 9.59 Å². The third-order valence-electron chi connectivity index (χ3n) is 9.79. The average molecular weight is 582 g/mol. The van der Waals surface area contributed by atoms with E-state index in [9.17, 15) is 18.4 Å². The van der Waals surface area contributed by atoms with Crippen molar-refractivity contribution in [2.24, 2.45) is 10.8 Å². The van der Waals surface area contributed by atoms with E-state index in [0.717, 1.165) is 55.7 Å². The molecule has 4 aliphatic rings. The lowest BCUT2D eigenvalue weighted by Gasteiger charge is -2.35. The molecular formula is C32H41F2N5O3. The van der Waals surface area contributed by atoms with Crippen LogP contribution in [0.5, 0.6) is 0 Å². The molecule has 2 aliphatic heterocycles. The number of carbonyl (C=O) groups excluding carboxylic acids is 2. The van der Waals surface area contributed by atoms with Crippen LogP contribution in [-0.2, 0) is 9.53 Å². The van der Waals surface area contributed by atoms with Crippen molar-refractivity contribution in [2.75, 3.05) is 60.3 Å². The number of piperidine rings is 2. The summed E-state index contributed by atoms with van der Waals surface area (Å²) in [6.45, 7) is 4.82. The third kappa shape index (κ3) is 6.17. The lowest BCUT2D eigenvalue weighted by atomic mass is 9.93. The number of aromatic nitrogens is 1. The number of aryl methyl sites for hydroxylation is 1. The van der Waals surface area contributed by atoms with E-state index in [1.165, 1.54) is 20.0 Å². The van der Waals surface area contributed by atoms with E-state index >= 15 is 0 Å². The topological polar surface area (TPSA) is 86.8 Å². The molecule has 0 atom stereocenters. The van der Waals surface area contributed by atoms with Crippen LogP contribution in [0.1, 0.15) is 73.7 Å². The smallest absolute Gasteiger partial charge is 0.311 e. The minimum absolute atomic E-state index is 0.134. The fourth-order valence-corrected chi connectivity index (χ4v) is 6.49. The summed E-state index contributed by atoms with van der Waals surface area (Å²) >= 11 is 0. The number of hydrogen-bond donors (Lipinski definition) is 2. The summed E-state index contributed by atoms with van der Waals surface area (Å²) in [7, 11) is 1.44. The highest BCUT2D eigenvalue weighted by Gasteiger charge is 2.50. The maximum atomic E-state index is 13.7. The molecule has 0 unspecified atom stereocenters. The summed E-state index contributed by atoms with van der Waals surface area (Å²) in [4.78, 5) is 34.7. The summed E-state index contributed by atoms with van der Waals surface area (Å²) in [5.41, 5.74) is 3.41. The van der Waals surface area contributed by atoms with Gasteiger partial charge < -0.3 is 25.2 Å². The second-order valence-electron chi connectivity index (χ2n) is 12.9. The zero-order valence-corrected chi connectivity index (χ0v) is 24.6. The molecule has 1 aromatic heterocycles. The highest BCUT2D eigenvalue weighted by Crippen LogP contribution is 2.54. The number of methoxy groups -OCH3 is 1.